The highest BCUT2D eigenvalue weighted by atomic mass is 35.5. The molecule has 3 heterocycles. The third-order valence-electron chi connectivity index (χ3n) is 6.52. The van der Waals surface area contributed by atoms with Gasteiger partial charge in [-0.05, 0) is 30.7 Å². The molecule has 34 heavy (non-hydrogen) atoms. The Kier molecular flexibility index (Phi) is 5.69. The predicted octanol–water partition coefficient (Wildman–Crippen LogP) is 2.77. The van der Waals surface area contributed by atoms with Gasteiger partial charge in [-0.15, -0.1) is 0 Å². The fraction of sp³-hybridized carbons (Fsp3) is 0.320. The second-order valence-corrected chi connectivity index (χ2v) is 9.25. The van der Waals surface area contributed by atoms with E-state index in [1.807, 2.05) is 29.7 Å². The van der Waals surface area contributed by atoms with Crippen molar-refractivity contribution in [2.24, 2.45) is 14.1 Å². The van der Waals surface area contributed by atoms with Gasteiger partial charge in [0.25, 0.3) is 5.56 Å². The summed E-state index contributed by atoms with van der Waals surface area (Å²) in [5.41, 5.74) is 3.48. The van der Waals surface area contributed by atoms with Crippen molar-refractivity contribution >= 4 is 34.4 Å². The third kappa shape index (κ3) is 3.88. The molecule has 1 saturated heterocycles. The molecule has 1 aliphatic rings. The van der Waals surface area contributed by atoms with E-state index in [0.29, 0.717) is 23.7 Å². The Morgan fingerprint density at radius 1 is 0.912 bits per heavy atom. The minimum atomic E-state index is -0.380. The lowest BCUT2D eigenvalue weighted by Gasteiger charge is -2.36. The zero-order valence-electron chi connectivity index (χ0n) is 19.5. The first-order valence-electron chi connectivity index (χ1n) is 11.3. The highest BCUT2D eigenvalue weighted by molar-refractivity contribution is 6.30. The molecule has 0 unspecified atom stereocenters. The zero-order valence-corrected chi connectivity index (χ0v) is 20.3. The Morgan fingerprint density at radius 3 is 2.26 bits per heavy atom. The van der Waals surface area contributed by atoms with E-state index >= 15 is 0 Å². The molecular weight excluding hydrogens is 452 g/mol. The number of hydrogen-bond acceptors (Lipinski definition) is 5. The highest BCUT2D eigenvalue weighted by Gasteiger charge is 2.26. The lowest BCUT2D eigenvalue weighted by Crippen LogP contribution is -2.47. The van der Waals surface area contributed by atoms with Crippen molar-refractivity contribution in [1.82, 2.24) is 18.7 Å². The first-order valence-corrected chi connectivity index (χ1v) is 11.7. The molecule has 0 spiro atoms. The molecule has 0 saturated carbocycles. The molecule has 0 N–H and O–H groups in total. The molecular formula is C25H27ClN6O2. The monoisotopic (exact) mass is 478 g/mol. The highest BCUT2D eigenvalue weighted by Crippen LogP contribution is 2.25. The van der Waals surface area contributed by atoms with Crippen LogP contribution in [0.25, 0.3) is 11.2 Å². The molecule has 0 amide bonds. The molecule has 4 aromatic rings. The van der Waals surface area contributed by atoms with E-state index in [0.717, 1.165) is 47.0 Å². The maximum Gasteiger partial charge on any atom is 0.332 e. The molecule has 8 nitrogen and oxygen atoms in total. The van der Waals surface area contributed by atoms with Crippen LogP contribution < -0.4 is 21.0 Å². The number of hydrogen-bond donors (Lipinski definition) is 0. The number of piperazine rings is 1. The quantitative estimate of drug-likeness (QED) is 0.451. The van der Waals surface area contributed by atoms with Crippen molar-refractivity contribution < 1.29 is 0 Å². The van der Waals surface area contributed by atoms with Gasteiger partial charge >= 0.3 is 5.69 Å². The molecule has 2 aromatic carbocycles. The van der Waals surface area contributed by atoms with Crippen LogP contribution in [0.2, 0.25) is 5.02 Å². The van der Waals surface area contributed by atoms with Crippen molar-refractivity contribution in [1.29, 1.82) is 0 Å². The van der Waals surface area contributed by atoms with Crippen LogP contribution >= 0.6 is 11.6 Å². The molecule has 9 heteroatoms. The molecule has 0 atom stereocenters. The fourth-order valence-electron chi connectivity index (χ4n) is 4.54. The summed E-state index contributed by atoms with van der Waals surface area (Å²) in [6, 6.07) is 16.1. The normalized spacial score (nSPS) is 14.2. The summed E-state index contributed by atoms with van der Waals surface area (Å²) >= 11 is 6.19. The van der Waals surface area contributed by atoms with E-state index in [4.69, 9.17) is 16.6 Å². The Bertz CT molecular complexity index is 1480. The van der Waals surface area contributed by atoms with Crippen molar-refractivity contribution in [3.8, 4) is 0 Å². The second kappa shape index (κ2) is 8.68. The Labute approximate surface area is 202 Å². The SMILES string of the molecule is Cc1ccc(Cn2c(N3CCN(c4cccc(Cl)c4)CC3)nc3c2c(=O)n(C)c(=O)n3C)cc1. The van der Waals surface area contributed by atoms with Crippen LogP contribution in [-0.2, 0) is 20.6 Å². The lowest BCUT2D eigenvalue weighted by atomic mass is 10.1. The number of nitrogens with zero attached hydrogens (tertiary/aromatic N) is 6. The van der Waals surface area contributed by atoms with Crippen molar-refractivity contribution in [3.05, 3.63) is 85.5 Å². The summed E-state index contributed by atoms with van der Waals surface area (Å²) in [5.74, 6) is 0.708. The maximum atomic E-state index is 13.2. The van der Waals surface area contributed by atoms with Crippen LogP contribution in [0.15, 0.2) is 58.1 Å². The average molecular weight is 479 g/mol. The minimum Gasteiger partial charge on any atom is -0.368 e. The molecule has 0 aliphatic carbocycles. The van der Waals surface area contributed by atoms with Crippen LogP contribution in [0.5, 0.6) is 0 Å². The van der Waals surface area contributed by atoms with Gasteiger partial charge in [0.05, 0.1) is 6.54 Å². The molecule has 2 aromatic heterocycles. The number of aryl methyl sites for hydroxylation is 2. The number of anilines is 2. The van der Waals surface area contributed by atoms with Crippen molar-refractivity contribution in [3.63, 3.8) is 0 Å². The second-order valence-electron chi connectivity index (χ2n) is 8.82. The van der Waals surface area contributed by atoms with Gasteiger partial charge in [0.1, 0.15) is 0 Å². The summed E-state index contributed by atoms with van der Waals surface area (Å²) in [6.07, 6.45) is 0. The van der Waals surface area contributed by atoms with E-state index in [9.17, 15) is 9.59 Å². The zero-order chi connectivity index (χ0) is 24.0. The maximum absolute atomic E-state index is 13.2. The van der Waals surface area contributed by atoms with Crippen LogP contribution in [0.1, 0.15) is 11.1 Å². The molecule has 5 rings (SSSR count). The predicted molar refractivity (Wildman–Crippen MR) is 136 cm³/mol. The van der Waals surface area contributed by atoms with Gasteiger partial charge in [-0.3, -0.25) is 18.5 Å². The summed E-state index contributed by atoms with van der Waals surface area (Å²) in [6.45, 7) is 5.60. The molecule has 0 bridgehead atoms. The van der Waals surface area contributed by atoms with Gasteiger partial charge in [-0.25, -0.2) is 4.79 Å². The number of imidazole rings is 1. The van der Waals surface area contributed by atoms with Gasteiger partial charge in [0, 0.05) is 51.0 Å². The number of halogens is 1. The van der Waals surface area contributed by atoms with Gasteiger partial charge in [-0.1, -0.05) is 47.5 Å². The number of fused-ring (bicyclic) bond motifs is 1. The average Bonchev–Trinajstić information content (AvgIpc) is 3.22. The van der Waals surface area contributed by atoms with E-state index in [-0.39, 0.29) is 11.2 Å². The Morgan fingerprint density at radius 2 is 1.59 bits per heavy atom. The number of benzene rings is 2. The summed E-state index contributed by atoms with van der Waals surface area (Å²) < 4.78 is 4.56. The summed E-state index contributed by atoms with van der Waals surface area (Å²) in [7, 11) is 3.17. The molecule has 1 aliphatic heterocycles. The molecule has 176 valence electrons. The van der Waals surface area contributed by atoms with E-state index in [1.54, 1.807) is 7.05 Å². The first kappa shape index (κ1) is 22.3. The summed E-state index contributed by atoms with van der Waals surface area (Å²) in [4.78, 5) is 35.1. The van der Waals surface area contributed by atoms with Gasteiger partial charge in [0.2, 0.25) is 5.95 Å². The Balaban J connectivity index is 1.56. The van der Waals surface area contributed by atoms with Crippen LogP contribution in [0, 0.1) is 6.92 Å². The van der Waals surface area contributed by atoms with E-state index < -0.39 is 0 Å². The number of aromatic nitrogens is 4. The van der Waals surface area contributed by atoms with Crippen LogP contribution in [0.3, 0.4) is 0 Å². The third-order valence-corrected chi connectivity index (χ3v) is 6.76. The van der Waals surface area contributed by atoms with Crippen LogP contribution in [-0.4, -0.2) is 44.9 Å². The lowest BCUT2D eigenvalue weighted by molar-refractivity contribution is 0.625. The largest absolute Gasteiger partial charge is 0.368 e. The topological polar surface area (TPSA) is 68.3 Å². The van der Waals surface area contributed by atoms with Gasteiger partial charge in [-0.2, -0.15) is 4.98 Å². The Hall–Kier alpha value is -3.52. The standard InChI is InChI=1S/C25H27ClN6O2/c1-17-7-9-18(10-8-17)16-32-21-22(28(2)25(34)29(3)23(21)33)27-24(32)31-13-11-30(12-14-31)20-6-4-5-19(26)15-20/h4-10,15H,11-14,16H2,1-3H3. The van der Waals surface area contributed by atoms with E-state index in [1.165, 1.54) is 17.2 Å². The first-order chi connectivity index (χ1) is 16.3. The van der Waals surface area contributed by atoms with Crippen molar-refractivity contribution in [2.75, 3.05) is 36.0 Å². The number of rotatable bonds is 4. The fourth-order valence-corrected chi connectivity index (χ4v) is 4.72. The van der Waals surface area contributed by atoms with Gasteiger partial charge < -0.3 is 9.80 Å². The van der Waals surface area contributed by atoms with Crippen LogP contribution in [0.4, 0.5) is 11.6 Å². The minimum absolute atomic E-state index is 0.332. The van der Waals surface area contributed by atoms with Gasteiger partial charge in [0.15, 0.2) is 11.2 Å². The van der Waals surface area contributed by atoms with Crippen molar-refractivity contribution in [2.45, 2.75) is 13.5 Å². The van der Waals surface area contributed by atoms with E-state index in [2.05, 4.69) is 40.1 Å². The summed E-state index contributed by atoms with van der Waals surface area (Å²) in [5, 5.41) is 0.719. The molecule has 0 radical (unpaired) electrons. The molecule has 1 fully saturated rings. The smallest absolute Gasteiger partial charge is 0.332 e.